The lowest BCUT2D eigenvalue weighted by Crippen LogP contribution is -2.30. The highest BCUT2D eigenvalue weighted by Crippen LogP contribution is 2.21. The molecule has 128 valence electrons. The predicted octanol–water partition coefficient (Wildman–Crippen LogP) is 3.89. The van der Waals surface area contributed by atoms with Crippen molar-refractivity contribution in [1.29, 1.82) is 0 Å². The van der Waals surface area contributed by atoms with E-state index in [1.165, 1.54) is 0 Å². The molecule has 24 heavy (non-hydrogen) atoms. The van der Waals surface area contributed by atoms with E-state index in [-0.39, 0.29) is 12.0 Å². The maximum atomic E-state index is 12.2. The molecule has 0 heterocycles. The largest absolute Gasteiger partial charge is 0.497 e. The fourth-order valence-electron chi connectivity index (χ4n) is 2.07. The van der Waals surface area contributed by atoms with Crippen molar-refractivity contribution in [3.05, 3.63) is 48.5 Å². The highest BCUT2D eigenvalue weighted by atomic mass is 16.5. The molecule has 0 radical (unpaired) electrons. The molecule has 2 aromatic rings. The zero-order valence-corrected chi connectivity index (χ0v) is 14.4. The Balaban J connectivity index is 1.93. The number of ether oxygens (including phenoxy) is 3. The van der Waals surface area contributed by atoms with Crippen molar-refractivity contribution in [3.63, 3.8) is 0 Å². The first-order chi connectivity index (χ1) is 11.5. The van der Waals surface area contributed by atoms with Crippen molar-refractivity contribution in [2.45, 2.75) is 33.0 Å². The summed E-state index contributed by atoms with van der Waals surface area (Å²) in [5.74, 6) is 1.80. The number of anilines is 1. The Bertz CT molecular complexity index is 667. The van der Waals surface area contributed by atoms with Gasteiger partial charge in [-0.3, -0.25) is 4.79 Å². The Kier molecular flexibility index (Phi) is 6.07. The van der Waals surface area contributed by atoms with Gasteiger partial charge in [-0.2, -0.15) is 0 Å². The Morgan fingerprint density at radius 2 is 1.58 bits per heavy atom. The zero-order valence-electron chi connectivity index (χ0n) is 14.4. The Morgan fingerprint density at radius 1 is 0.917 bits per heavy atom. The summed E-state index contributed by atoms with van der Waals surface area (Å²) in [6.45, 7) is 5.63. The van der Waals surface area contributed by atoms with Gasteiger partial charge in [0.05, 0.1) is 13.2 Å². The number of rotatable bonds is 7. The van der Waals surface area contributed by atoms with E-state index in [1.807, 2.05) is 38.1 Å². The first-order valence-electron chi connectivity index (χ1n) is 7.86. The molecule has 0 saturated carbocycles. The standard InChI is InChI=1S/C19H23NO4/c1-13(2)23-16-10-8-15(9-11-16)20-19(21)14(3)24-18-7-5-6-17(12-18)22-4/h5-14H,1-4H3,(H,20,21)/t14-/m1/s1. The van der Waals surface area contributed by atoms with Gasteiger partial charge in [-0.05, 0) is 57.2 Å². The summed E-state index contributed by atoms with van der Waals surface area (Å²) in [4.78, 5) is 12.2. The second-order valence-electron chi connectivity index (χ2n) is 5.62. The van der Waals surface area contributed by atoms with E-state index in [1.54, 1.807) is 38.3 Å². The molecule has 1 amide bonds. The highest BCUT2D eigenvalue weighted by Gasteiger charge is 2.15. The van der Waals surface area contributed by atoms with Gasteiger partial charge in [-0.25, -0.2) is 0 Å². The molecule has 0 fully saturated rings. The zero-order chi connectivity index (χ0) is 17.5. The molecular formula is C19H23NO4. The Labute approximate surface area is 142 Å². The van der Waals surface area contributed by atoms with Crippen LogP contribution in [0.15, 0.2) is 48.5 Å². The van der Waals surface area contributed by atoms with Gasteiger partial charge in [0.25, 0.3) is 5.91 Å². The Hall–Kier alpha value is -2.69. The van der Waals surface area contributed by atoms with Crippen LogP contribution in [0.25, 0.3) is 0 Å². The maximum Gasteiger partial charge on any atom is 0.265 e. The van der Waals surface area contributed by atoms with E-state index in [4.69, 9.17) is 14.2 Å². The van der Waals surface area contributed by atoms with Crippen LogP contribution in [-0.4, -0.2) is 25.2 Å². The predicted molar refractivity (Wildman–Crippen MR) is 93.9 cm³/mol. The monoisotopic (exact) mass is 329 g/mol. The molecule has 5 nitrogen and oxygen atoms in total. The van der Waals surface area contributed by atoms with Crippen LogP contribution in [-0.2, 0) is 4.79 Å². The number of carbonyl (C=O) groups excluding carboxylic acids is 1. The molecule has 2 rings (SSSR count). The van der Waals surface area contributed by atoms with E-state index in [9.17, 15) is 4.79 Å². The molecule has 0 aliphatic rings. The number of hydrogen-bond donors (Lipinski definition) is 1. The molecule has 0 spiro atoms. The highest BCUT2D eigenvalue weighted by molar-refractivity contribution is 5.94. The molecule has 0 aromatic heterocycles. The summed E-state index contributed by atoms with van der Waals surface area (Å²) >= 11 is 0. The van der Waals surface area contributed by atoms with Gasteiger partial charge >= 0.3 is 0 Å². The lowest BCUT2D eigenvalue weighted by atomic mass is 10.2. The van der Waals surface area contributed by atoms with Crippen LogP contribution in [0.4, 0.5) is 5.69 Å². The number of methoxy groups -OCH3 is 1. The van der Waals surface area contributed by atoms with Crippen molar-refractivity contribution in [1.82, 2.24) is 0 Å². The molecule has 1 N–H and O–H groups in total. The minimum Gasteiger partial charge on any atom is -0.497 e. The van der Waals surface area contributed by atoms with E-state index in [0.29, 0.717) is 17.2 Å². The van der Waals surface area contributed by atoms with Crippen LogP contribution >= 0.6 is 0 Å². The Morgan fingerprint density at radius 3 is 2.21 bits per heavy atom. The third-order valence-corrected chi connectivity index (χ3v) is 3.22. The van der Waals surface area contributed by atoms with Crippen molar-refractivity contribution in [2.75, 3.05) is 12.4 Å². The number of amides is 1. The van der Waals surface area contributed by atoms with Gasteiger partial charge in [0.1, 0.15) is 17.2 Å². The van der Waals surface area contributed by atoms with Crippen LogP contribution in [0.3, 0.4) is 0 Å². The molecule has 0 aliphatic heterocycles. The fourth-order valence-corrected chi connectivity index (χ4v) is 2.07. The second kappa shape index (κ2) is 8.24. The minimum atomic E-state index is -0.635. The van der Waals surface area contributed by atoms with Gasteiger partial charge in [0, 0.05) is 11.8 Å². The summed E-state index contributed by atoms with van der Waals surface area (Å²) in [7, 11) is 1.59. The van der Waals surface area contributed by atoms with Gasteiger partial charge < -0.3 is 19.5 Å². The summed E-state index contributed by atoms with van der Waals surface area (Å²) in [6.07, 6.45) is -0.523. The van der Waals surface area contributed by atoms with Crippen molar-refractivity contribution in [2.24, 2.45) is 0 Å². The van der Waals surface area contributed by atoms with E-state index in [0.717, 1.165) is 5.75 Å². The van der Waals surface area contributed by atoms with Crippen LogP contribution in [0.5, 0.6) is 17.2 Å². The average molecular weight is 329 g/mol. The topological polar surface area (TPSA) is 56.8 Å². The summed E-state index contributed by atoms with van der Waals surface area (Å²) in [6, 6.07) is 14.4. The number of hydrogen-bond acceptors (Lipinski definition) is 4. The molecule has 0 bridgehead atoms. The van der Waals surface area contributed by atoms with Crippen LogP contribution in [0.1, 0.15) is 20.8 Å². The summed E-state index contributed by atoms with van der Waals surface area (Å²) < 4.78 is 16.4. The van der Waals surface area contributed by atoms with Crippen LogP contribution < -0.4 is 19.5 Å². The van der Waals surface area contributed by atoms with E-state index in [2.05, 4.69) is 5.32 Å². The molecule has 0 saturated heterocycles. The second-order valence-corrected chi connectivity index (χ2v) is 5.62. The molecule has 2 aromatic carbocycles. The van der Waals surface area contributed by atoms with Crippen LogP contribution in [0, 0.1) is 0 Å². The van der Waals surface area contributed by atoms with Gasteiger partial charge in [-0.15, -0.1) is 0 Å². The molecule has 0 unspecified atom stereocenters. The smallest absolute Gasteiger partial charge is 0.265 e. The normalized spacial score (nSPS) is 11.7. The first-order valence-corrected chi connectivity index (χ1v) is 7.86. The SMILES string of the molecule is COc1cccc(O[C@H](C)C(=O)Nc2ccc(OC(C)C)cc2)c1. The maximum absolute atomic E-state index is 12.2. The number of carbonyl (C=O) groups is 1. The lowest BCUT2D eigenvalue weighted by Gasteiger charge is -2.15. The van der Waals surface area contributed by atoms with E-state index < -0.39 is 6.10 Å². The van der Waals surface area contributed by atoms with Crippen molar-refractivity contribution in [3.8, 4) is 17.2 Å². The quantitative estimate of drug-likeness (QED) is 0.837. The van der Waals surface area contributed by atoms with Gasteiger partial charge in [-0.1, -0.05) is 6.07 Å². The minimum absolute atomic E-state index is 0.113. The van der Waals surface area contributed by atoms with Crippen molar-refractivity contribution >= 4 is 11.6 Å². The van der Waals surface area contributed by atoms with Gasteiger partial charge in [0.15, 0.2) is 6.10 Å². The van der Waals surface area contributed by atoms with Gasteiger partial charge in [0.2, 0.25) is 0 Å². The van der Waals surface area contributed by atoms with Crippen LogP contribution in [0.2, 0.25) is 0 Å². The number of nitrogens with one attached hydrogen (secondary N) is 1. The summed E-state index contributed by atoms with van der Waals surface area (Å²) in [5.41, 5.74) is 0.692. The van der Waals surface area contributed by atoms with Crippen molar-refractivity contribution < 1.29 is 19.0 Å². The third-order valence-electron chi connectivity index (χ3n) is 3.22. The average Bonchev–Trinajstić information content (AvgIpc) is 2.56. The fraction of sp³-hybridized carbons (Fsp3) is 0.316. The number of benzene rings is 2. The molecule has 5 heteroatoms. The summed E-state index contributed by atoms with van der Waals surface area (Å²) in [5, 5.41) is 2.82. The lowest BCUT2D eigenvalue weighted by molar-refractivity contribution is -0.122. The van der Waals surface area contributed by atoms with E-state index >= 15 is 0 Å². The molecule has 1 atom stereocenters. The molecule has 0 aliphatic carbocycles. The first kappa shape index (κ1) is 17.7. The third kappa shape index (κ3) is 5.19. The molecular weight excluding hydrogens is 306 g/mol.